The van der Waals surface area contributed by atoms with E-state index < -0.39 is 12.1 Å². The molecule has 2 atom stereocenters. The zero-order chi connectivity index (χ0) is 62.0. The molecular formula is C80H155NO5. The van der Waals surface area contributed by atoms with E-state index in [9.17, 15) is 19.8 Å². The number of carbonyl (C=O) groups is 2. The third kappa shape index (κ3) is 71.4. The number of unbranched alkanes of at least 4 members (excludes halogenated alkanes) is 60. The van der Waals surface area contributed by atoms with Gasteiger partial charge < -0.3 is 20.3 Å². The maximum atomic E-state index is 12.5. The van der Waals surface area contributed by atoms with E-state index in [2.05, 4.69) is 43.5 Å². The van der Waals surface area contributed by atoms with E-state index in [0.717, 1.165) is 51.4 Å². The van der Waals surface area contributed by atoms with Gasteiger partial charge in [0.15, 0.2) is 0 Å². The van der Waals surface area contributed by atoms with Crippen molar-refractivity contribution in [2.45, 2.75) is 463 Å². The minimum absolute atomic E-state index is 0.0153. The third-order valence-electron chi connectivity index (χ3n) is 18.8. The first-order valence-electron chi connectivity index (χ1n) is 39.6. The molecule has 510 valence electrons. The minimum atomic E-state index is -0.661. The highest BCUT2D eigenvalue weighted by Crippen LogP contribution is 2.20. The van der Waals surface area contributed by atoms with Gasteiger partial charge >= 0.3 is 5.97 Å². The number of aliphatic hydroxyl groups excluding tert-OH is 2. The largest absolute Gasteiger partial charge is 0.466 e. The van der Waals surface area contributed by atoms with Crippen molar-refractivity contribution >= 4 is 11.9 Å². The fraction of sp³-hybridized carbons (Fsp3) is 0.925. The second-order valence-corrected chi connectivity index (χ2v) is 27.4. The Morgan fingerprint density at radius 1 is 0.326 bits per heavy atom. The quantitative estimate of drug-likeness (QED) is 0.0320. The van der Waals surface area contributed by atoms with Gasteiger partial charge in [0.05, 0.1) is 25.4 Å². The molecule has 3 N–H and O–H groups in total. The number of amides is 1. The molecular weight excluding hydrogens is 1050 g/mol. The predicted octanol–water partition coefficient (Wildman–Crippen LogP) is 26.0. The molecule has 0 aromatic rings. The fourth-order valence-corrected chi connectivity index (χ4v) is 12.7. The van der Waals surface area contributed by atoms with E-state index in [1.54, 1.807) is 0 Å². The molecule has 1 amide bonds. The third-order valence-corrected chi connectivity index (χ3v) is 18.8. The van der Waals surface area contributed by atoms with E-state index >= 15 is 0 Å². The van der Waals surface area contributed by atoms with Gasteiger partial charge in [0.2, 0.25) is 5.91 Å². The van der Waals surface area contributed by atoms with E-state index in [0.29, 0.717) is 25.9 Å². The summed E-state index contributed by atoms with van der Waals surface area (Å²) in [5.74, 6) is -0.0102. The summed E-state index contributed by atoms with van der Waals surface area (Å²) in [6.07, 6.45) is 97.0. The number of hydrogen-bond acceptors (Lipinski definition) is 5. The van der Waals surface area contributed by atoms with Crippen LogP contribution >= 0.6 is 0 Å². The SMILES string of the molecule is CCCCCC/C=C\C/C=C\CCCCCCCCCC(=O)OCCCCCCCCCCCCCCCCCCCCCCCCCCCCCCCCCCCC(=O)NC(CO)C(O)CCCCCCCCCCCCCCCCCCCC. The monoisotopic (exact) mass is 1210 g/mol. The van der Waals surface area contributed by atoms with E-state index in [1.165, 1.54) is 366 Å². The summed E-state index contributed by atoms with van der Waals surface area (Å²) in [4.78, 5) is 24.7. The molecule has 0 saturated heterocycles. The lowest BCUT2D eigenvalue weighted by Crippen LogP contribution is -2.45. The molecule has 0 aliphatic heterocycles. The number of allylic oxidation sites excluding steroid dienone is 4. The van der Waals surface area contributed by atoms with Gasteiger partial charge in [-0.25, -0.2) is 0 Å². The maximum absolute atomic E-state index is 12.5. The summed E-state index contributed by atoms with van der Waals surface area (Å²) in [5.41, 5.74) is 0. The van der Waals surface area contributed by atoms with Gasteiger partial charge in [-0.2, -0.15) is 0 Å². The number of ether oxygens (including phenoxy) is 1. The molecule has 86 heavy (non-hydrogen) atoms. The molecule has 0 heterocycles. The topological polar surface area (TPSA) is 95.9 Å². The molecule has 6 nitrogen and oxygen atoms in total. The Labute approximate surface area is 539 Å². The lowest BCUT2D eigenvalue weighted by Gasteiger charge is -2.22. The van der Waals surface area contributed by atoms with Crippen LogP contribution < -0.4 is 5.32 Å². The lowest BCUT2D eigenvalue weighted by molar-refractivity contribution is -0.143. The maximum Gasteiger partial charge on any atom is 0.305 e. The Hall–Kier alpha value is -1.66. The summed E-state index contributed by atoms with van der Waals surface area (Å²) < 4.78 is 5.51. The highest BCUT2D eigenvalue weighted by atomic mass is 16.5. The van der Waals surface area contributed by atoms with Crippen LogP contribution in [0.25, 0.3) is 0 Å². The van der Waals surface area contributed by atoms with Crippen molar-refractivity contribution in [3.63, 3.8) is 0 Å². The van der Waals surface area contributed by atoms with E-state index in [4.69, 9.17) is 4.74 Å². The van der Waals surface area contributed by atoms with Crippen LogP contribution in [0.4, 0.5) is 0 Å². The number of hydrogen-bond donors (Lipinski definition) is 3. The van der Waals surface area contributed by atoms with Crippen LogP contribution in [-0.2, 0) is 14.3 Å². The second kappa shape index (κ2) is 75.8. The number of aliphatic hydroxyl groups is 2. The van der Waals surface area contributed by atoms with E-state index in [-0.39, 0.29) is 18.5 Å². The van der Waals surface area contributed by atoms with Gasteiger partial charge in [0.1, 0.15) is 0 Å². The first-order chi connectivity index (χ1) is 42.5. The molecule has 0 aliphatic carbocycles. The van der Waals surface area contributed by atoms with Crippen molar-refractivity contribution in [3.05, 3.63) is 24.3 Å². The number of carbonyl (C=O) groups excluding carboxylic acids is 2. The van der Waals surface area contributed by atoms with Crippen LogP contribution in [0.3, 0.4) is 0 Å². The standard InChI is InChI=1S/C80H155NO5/c1-3-5-7-9-11-13-15-17-19-21-40-44-48-52-56-60-64-68-72-78(83)77(76-82)81-79(84)73-69-65-61-57-53-49-45-41-38-36-34-32-30-28-26-24-23-25-27-29-31-33-35-37-39-43-47-51-55-59-63-67-71-75-86-80(85)74-70-66-62-58-54-50-46-42-22-20-18-16-14-12-10-8-6-4-2/h14,16,20,22,77-78,82-83H,3-13,15,17-19,21,23-76H2,1-2H3,(H,81,84)/b16-14-,22-20-. The van der Waals surface area contributed by atoms with Crippen LogP contribution in [-0.4, -0.2) is 47.4 Å². The van der Waals surface area contributed by atoms with Gasteiger partial charge in [-0.15, -0.1) is 0 Å². The second-order valence-electron chi connectivity index (χ2n) is 27.4. The number of esters is 1. The molecule has 0 rings (SSSR count). The molecule has 0 spiro atoms. The summed E-state index contributed by atoms with van der Waals surface area (Å²) in [6, 6.07) is -0.538. The van der Waals surface area contributed by atoms with Gasteiger partial charge in [-0.1, -0.05) is 404 Å². The van der Waals surface area contributed by atoms with Crippen molar-refractivity contribution in [1.29, 1.82) is 0 Å². The van der Waals surface area contributed by atoms with Crippen LogP contribution in [0.5, 0.6) is 0 Å². The first-order valence-corrected chi connectivity index (χ1v) is 39.6. The summed E-state index contributed by atoms with van der Waals surface area (Å²) in [5, 5.41) is 23.4. The highest BCUT2D eigenvalue weighted by molar-refractivity contribution is 5.76. The molecule has 0 aliphatic rings. The first kappa shape index (κ1) is 84.3. The van der Waals surface area contributed by atoms with Crippen LogP contribution in [0, 0.1) is 0 Å². The van der Waals surface area contributed by atoms with Crippen molar-refractivity contribution < 1.29 is 24.5 Å². The average Bonchev–Trinajstić information content (AvgIpc) is 3.54. The highest BCUT2D eigenvalue weighted by Gasteiger charge is 2.20. The molecule has 0 fully saturated rings. The summed E-state index contributed by atoms with van der Waals surface area (Å²) in [6.45, 7) is 4.98. The molecule has 0 saturated carbocycles. The van der Waals surface area contributed by atoms with Crippen molar-refractivity contribution in [3.8, 4) is 0 Å². The van der Waals surface area contributed by atoms with Crippen LogP contribution in [0.15, 0.2) is 24.3 Å². The Balaban J connectivity index is 3.31. The lowest BCUT2D eigenvalue weighted by atomic mass is 10.0. The van der Waals surface area contributed by atoms with Crippen molar-refractivity contribution in [2.24, 2.45) is 0 Å². The number of rotatable bonds is 75. The van der Waals surface area contributed by atoms with Crippen LogP contribution in [0.1, 0.15) is 450 Å². The summed E-state index contributed by atoms with van der Waals surface area (Å²) in [7, 11) is 0. The minimum Gasteiger partial charge on any atom is -0.466 e. The molecule has 0 aromatic heterocycles. The Bertz CT molecular complexity index is 1350. The predicted molar refractivity (Wildman–Crippen MR) is 380 cm³/mol. The van der Waals surface area contributed by atoms with Gasteiger partial charge in [0.25, 0.3) is 0 Å². The summed E-state index contributed by atoms with van der Waals surface area (Å²) >= 11 is 0. The van der Waals surface area contributed by atoms with Crippen molar-refractivity contribution in [2.75, 3.05) is 13.2 Å². The average molecular weight is 1210 g/mol. The Morgan fingerprint density at radius 2 is 0.581 bits per heavy atom. The normalized spacial score (nSPS) is 12.6. The van der Waals surface area contributed by atoms with Gasteiger partial charge in [-0.05, 0) is 57.8 Å². The molecule has 6 heteroatoms. The molecule has 0 radical (unpaired) electrons. The number of nitrogens with one attached hydrogen (secondary N) is 1. The molecule has 0 aromatic carbocycles. The van der Waals surface area contributed by atoms with Crippen molar-refractivity contribution in [1.82, 2.24) is 5.32 Å². The zero-order valence-electron chi connectivity index (χ0n) is 58.6. The zero-order valence-corrected chi connectivity index (χ0v) is 58.6. The Morgan fingerprint density at radius 3 is 0.895 bits per heavy atom. The Kier molecular flexibility index (Phi) is 74.3. The van der Waals surface area contributed by atoms with Gasteiger partial charge in [-0.3, -0.25) is 9.59 Å². The van der Waals surface area contributed by atoms with Crippen LogP contribution in [0.2, 0.25) is 0 Å². The van der Waals surface area contributed by atoms with E-state index in [1.807, 2.05) is 0 Å². The fourth-order valence-electron chi connectivity index (χ4n) is 12.7. The van der Waals surface area contributed by atoms with Gasteiger partial charge in [0, 0.05) is 12.8 Å². The molecule has 0 bridgehead atoms. The smallest absolute Gasteiger partial charge is 0.305 e. The molecule has 2 unspecified atom stereocenters.